The molecule has 0 saturated heterocycles. The zero-order valence-corrected chi connectivity index (χ0v) is 14.9. The van der Waals surface area contributed by atoms with Crippen molar-refractivity contribution in [2.75, 3.05) is 7.05 Å². The standard InChI is InChI=1S/C21H24N2O2/c1-15(2)18-9-4-16(5-10-18)8-13-20(24)23-14-17-6-11-19(12-7-17)21(25)22-3/h4-13,15H,14H2,1-3H3,(H,22,25)(H,23,24)/b13-8+. The van der Waals surface area contributed by atoms with E-state index >= 15 is 0 Å². The molecule has 0 fully saturated rings. The van der Waals surface area contributed by atoms with Crippen molar-refractivity contribution in [1.29, 1.82) is 0 Å². The van der Waals surface area contributed by atoms with Crippen molar-refractivity contribution >= 4 is 17.9 Å². The maximum atomic E-state index is 11.9. The van der Waals surface area contributed by atoms with Crippen LogP contribution in [-0.2, 0) is 11.3 Å². The fourth-order valence-corrected chi connectivity index (χ4v) is 2.33. The summed E-state index contributed by atoms with van der Waals surface area (Å²) in [6.07, 6.45) is 3.33. The first kappa shape index (κ1) is 18.5. The van der Waals surface area contributed by atoms with Crippen LogP contribution in [-0.4, -0.2) is 18.9 Å². The van der Waals surface area contributed by atoms with Crippen molar-refractivity contribution in [3.8, 4) is 0 Å². The third-order valence-electron chi connectivity index (χ3n) is 3.94. The van der Waals surface area contributed by atoms with Gasteiger partial charge < -0.3 is 10.6 Å². The van der Waals surface area contributed by atoms with Crippen LogP contribution in [0.1, 0.15) is 46.8 Å². The van der Waals surface area contributed by atoms with E-state index in [0.717, 1.165) is 11.1 Å². The Morgan fingerprint density at radius 1 is 1.00 bits per heavy atom. The third-order valence-corrected chi connectivity index (χ3v) is 3.94. The monoisotopic (exact) mass is 336 g/mol. The Balaban J connectivity index is 1.86. The summed E-state index contributed by atoms with van der Waals surface area (Å²) in [6, 6.07) is 15.3. The van der Waals surface area contributed by atoms with Crippen LogP contribution in [0.5, 0.6) is 0 Å². The third kappa shape index (κ3) is 5.60. The molecular weight excluding hydrogens is 312 g/mol. The minimum Gasteiger partial charge on any atom is -0.355 e. The van der Waals surface area contributed by atoms with Crippen molar-refractivity contribution in [1.82, 2.24) is 10.6 Å². The minimum atomic E-state index is -0.150. The van der Waals surface area contributed by atoms with Crippen LogP contribution in [0.15, 0.2) is 54.6 Å². The maximum absolute atomic E-state index is 11.9. The molecule has 0 heterocycles. The Kier molecular flexibility index (Phi) is 6.52. The molecule has 2 aromatic rings. The Morgan fingerprint density at radius 2 is 1.64 bits per heavy atom. The van der Waals surface area contributed by atoms with Gasteiger partial charge in [-0.25, -0.2) is 0 Å². The van der Waals surface area contributed by atoms with E-state index in [4.69, 9.17) is 0 Å². The van der Waals surface area contributed by atoms with Crippen molar-refractivity contribution < 1.29 is 9.59 Å². The fourth-order valence-electron chi connectivity index (χ4n) is 2.33. The van der Waals surface area contributed by atoms with Gasteiger partial charge in [-0.2, -0.15) is 0 Å². The average molecular weight is 336 g/mol. The van der Waals surface area contributed by atoms with Crippen LogP contribution in [0.3, 0.4) is 0 Å². The van der Waals surface area contributed by atoms with E-state index in [-0.39, 0.29) is 11.8 Å². The van der Waals surface area contributed by atoms with Gasteiger partial charge in [0, 0.05) is 25.2 Å². The van der Waals surface area contributed by atoms with Gasteiger partial charge in [-0.3, -0.25) is 9.59 Å². The molecule has 130 valence electrons. The van der Waals surface area contributed by atoms with Crippen LogP contribution in [0, 0.1) is 0 Å². The molecule has 0 aromatic heterocycles. The molecule has 2 amide bonds. The fraction of sp³-hybridized carbons (Fsp3) is 0.238. The molecule has 2 N–H and O–H groups in total. The lowest BCUT2D eigenvalue weighted by Gasteiger charge is -2.05. The number of amides is 2. The van der Waals surface area contributed by atoms with Crippen molar-refractivity contribution in [2.24, 2.45) is 0 Å². The lowest BCUT2D eigenvalue weighted by molar-refractivity contribution is -0.116. The molecule has 0 bridgehead atoms. The van der Waals surface area contributed by atoms with Crippen molar-refractivity contribution in [3.63, 3.8) is 0 Å². The van der Waals surface area contributed by atoms with Gasteiger partial charge in [-0.05, 0) is 40.8 Å². The number of hydrogen-bond donors (Lipinski definition) is 2. The molecule has 0 aliphatic carbocycles. The maximum Gasteiger partial charge on any atom is 0.251 e. The molecule has 0 atom stereocenters. The Hall–Kier alpha value is -2.88. The average Bonchev–Trinajstić information content (AvgIpc) is 2.64. The number of carbonyl (C=O) groups is 2. The second-order valence-electron chi connectivity index (χ2n) is 6.15. The number of carbonyl (C=O) groups excluding carboxylic acids is 2. The zero-order chi connectivity index (χ0) is 18.2. The molecule has 0 unspecified atom stereocenters. The first-order valence-corrected chi connectivity index (χ1v) is 8.36. The highest BCUT2D eigenvalue weighted by molar-refractivity contribution is 5.94. The van der Waals surface area contributed by atoms with Crippen molar-refractivity contribution in [3.05, 3.63) is 76.9 Å². The summed E-state index contributed by atoms with van der Waals surface area (Å²) in [5, 5.41) is 5.41. The first-order chi connectivity index (χ1) is 12.0. The van der Waals surface area contributed by atoms with Gasteiger partial charge in [0.05, 0.1) is 0 Å². The second-order valence-corrected chi connectivity index (χ2v) is 6.15. The molecule has 4 heteroatoms. The predicted molar refractivity (Wildman–Crippen MR) is 101 cm³/mol. The quantitative estimate of drug-likeness (QED) is 0.793. The van der Waals surface area contributed by atoms with E-state index < -0.39 is 0 Å². The highest BCUT2D eigenvalue weighted by Gasteiger charge is 2.03. The summed E-state index contributed by atoms with van der Waals surface area (Å²) in [5.74, 6) is 0.224. The van der Waals surface area contributed by atoms with Crippen LogP contribution in [0.2, 0.25) is 0 Å². The number of nitrogens with one attached hydrogen (secondary N) is 2. The molecule has 4 nitrogen and oxygen atoms in total. The largest absolute Gasteiger partial charge is 0.355 e. The summed E-state index contributed by atoms with van der Waals surface area (Å²) in [6.45, 7) is 4.72. The van der Waals surface area contributed by atoms with E-state index in [1.54, 1.807) is 25.3 Å². The molecule has 0 spiro atoms. The van der Waals surface area contributed by atoms with E-state index in [1.807, 2.05) is 24.3 Å². The normalized spacial score (nSPS) is 10.9. The van der Waals surface area contributed by atoms with Crippen LogP contribution in [0.4, 0.5) is 0 Å². The van der Waals surface area contributed by atoms with Gasteiger partial charge in [0.1, 0.15) is 0 Å². The summed E-state index contributed by atoms with van der Waals surface area (Å²) in [4.78, 5) is 23.4. The van der Waals surface area contributed by atoms with Gasteiger partial charge >= 0.3 is 0 Å². The topological polar surface area (TPSA) is 58.2 Å². The SMILES string of the molecule is CNC(=O)c1ccc(CNC(=O)/C=C/c2ccc(C(C)C)cc2)cc1. The van der Waals surface area contributed by atoms with E-state index in [9.17, 15) is 9.59 Å². The van der Waals surface area contributed by atoms with Gasteiger partial charge in [-0.15, -0.1) is 0 Å². The van der Waals surface area contributed by atoms with E-state index in [1.165, 1.54) is 11.6 Å². The first-order valence-electron chi connectivity index (χ1n) is 8.36. The molecule has 2 aromatic carbocycles. The number of rotatable bonds is 6. The Labute approximate surface area is 149 Å². The summed E-state index contributed by atoms with van der Waals surface area (Å²) >= 11 is 0. The number of benzene rings is 2. The van der Waals surface area contributed by atoms with Crippen LogP contribution < -0.4 is 10.6 Å². The van der Waals surface area contributed by atoms with Gasteiger partial charge in [0.25, 0.3) is 5.91 Å². The minimum absolute atomic E-state index is 0.123. The summed E-state index contributed by atoms with van der Waals surface area (Å²) < 4.78 is 0. The molecule has 2 rings (SSSR count). The smallest absolute Gasteiger partial charge is 0.251 e. The highest BCUT2D eigenvalue weighted by atomic mass is 16.2. The molecule has 0 aliphatic rings. The van der Waals surface area contributed by atoms with Crippen molar-refractivity contribution in [2.45, 2.75) is 26.3 Å². The van der Waals surface area contributed by atoms with Crippen LogP contribution in [0.25, 0.3) is 6.08 Å². The second kappa shape index (κ2) is 8.83. The molecule has 0 aliphatic heterocycles. The van der Waals surface area contributed by atoms with E-state index in [2.05, 4.69) is 36.6 Å². The zero-order valence-electron chi connectivity index (χ0n) is 14.9. The van der Waals surface area contributed by atoms with E-state index in [0.29, 0.717) is 18.0 Å². The van der Waals surface area contributed by atoms with Crippen LogP contribution >= 0.6 is 0 Å². The van der Waals surface area contributed by atoms with Gasteiger partial charge in [0.15, 0.2) is 0 Å². The predicted octanol–water partition coefficient (Wildman–Crippen LogP) is 3.50. The lowest BCUT2D eigenvalue weighted by Crippen LogP contribution is -2.20. The highest BCUT2D eigenvalue weighted by Crippen LogP contribution is 2.15. The summed E-state index contributed by atoms with van der Waals surface area (Å²) in [7, 11) is 1.60. The Morgan fingerprint density at radius 3 is 2.20 bits per heavy atom. The molecule has 25 heavy (non-hydrogen) atoms. The number of hydrogen-bond acceptors (Lipinski definition) is 2. The Bertz CT molecular complexity index is 744. The molecular formula is C21H24N2O2. The molecule has 0 radical (unpaired) electrons. The molecule has 0 saturated carbocycles. The van der Waals surface area contributed by atoms with Gasteiger partial charge in [0.2, 0.25) is 5.91 Å². The van der Waals surface area contributed by atoms with Gasteiger partial charge in [-0.1, -0.05) is 50.2 Å². The summed E-state index contributed by atoms with van der Waals surface area (Å²) in [5.41, 5.74) is 3.81. The lowest BCUT2D eigenvalue weighted by atomic mass is 10.0.